The summed E-state index contributed by atoms with van der Waals surface area (Å²) in [5.74, 6) is 2.49. The molecule has 0 aliphatic carbocycles. The number of imidazole rings is 1. The van der Waals surface area contributed by atoms with Gasteiger partial charge in [-0.05, 0) is 12.3 Å². The van der Waals surface area contributed by atoms with Gasteiger partial charge >= 0.3 is 0 Å². The zero-order chi connectivity index (χ0) is 18.0. The lowest BCUT2D eigenvalue weighted by atomic mass is 9.93. The van der Waals surface area contributed by atoms with Crippen LogP contribution in [0.15, 0.2) is 24.8 Å². The van der Waals surface area contributed by atoms with Crippen molar-refractivity contribution in [2.24, 2.45) is 5.92 Å². The molecule has 1 aliphatic heterocycles. The first-order valence-electron chi connectivity index (χ1n) is 8.98. The Morgan fingerprint density at radius 3 is 2.72 bits per heavy atom. The molecule has 0 radical (unpaired) electrons. The summed E-state index contributed by atoms with van der Waals surface area (Å²) >= 11 is 0. The van der Waals surface area contributed by atoms with E-state index in [1.54, 1.807) is 7.11 Å². The first-order chi connectivity index (χ1) is 11.9. The molecule has 0 bridgehead atoms. The number of piperidine rings is 1. The SMILES string of the molecule is COCc1cc(N2CCC(C)C(n3ccnc3)C2)nc(C(C)(C)C)n1. The summed E-state index contributed by atoms with van der Waals surface area (Å²) in [6, 6.07) is 2.48. The van der Waals surface area contributed by atoms with E-state index in [1.807, 2.05) is 12.5 Å². The second-order valence-corrected chi connectivity index (χ2v) is 8.01. The number of hydrogen-bond acceptors (Lipinski definition) is 5. The van der Waals surface area contributed by atoms with Gasteiger partial charge in [0.25, 0.3) is 0 Å². The van der Waals surface area contributed by atoms with Crippen molar-refractivity contribution in [3.05, 3.63) is 36.3 Å². The highest BCUT2D eigenvalue weighted by Gasteiger charge is 2.29. The van der Waals surface area contributed by atoms with Crippen LogP contribution in [0.3, 0.4) is 0 Å². The predicted octanol–water partition coefficient (Wildman–Crippen LogP) is 3.20. The smallest absolute Gasteiger partial charge is 0.136 e. The zero-order valence-corrected chi connectivity index (χ0v) is 15.9. The molecule has 0 aromatic carbocycles. The predicted molar refractivity (Wildman–Crippen MR) is 98.7 cm³/mol. The summed E-state index contributed by atoms with van der Waals surface area (Å²) in [4.78, 5) is 16.2. The van der Waals surface area contributed by atoms with Gasteiger partial charge in [-0.25, -0.2) is 15.0 Å². The van der Waals surface area contributed by atoms with Crippen LogP contribution in [0.5, 0.6) is 0 Å². The Balaban J connectivity index is 1.91. The van der Waals surface area contributed by atoms with Crippen LogP contribution in [0, 0.1) is 5.92 Å². The van der Waals surface area contributed by atoms with Crippen LogP contribution in [0.25, 0.3) is 0 Å². The average Bonchev–Trinajstić information content (AvgIpc) is 3.09. The van der Waals surface area contributed by atoms with Gasteiger partial charge in [-0.3, -0.25) is 0 Å². The number of anilines is 1. The van der Waals surface area contributed by atoms with Gasteiger partial charge in [0.2, 0.25) is 0 Å². The van der Waals surface area contributed by atoms with Gasteiger partial charge in [-0.1, -0.05) is 27.7 Å². The van der Waals surface area contributed by atoms with E-state index in [9.17, 15) is 0 Å². The Bertz CT molecular complexity index is 692. The number of hydrogen-bond donors (Lipinski definition) is 0. The molecule has 2 atom stereocenters. The molecule has 2 aromatic heterocycles. The molecule has 0 saturated carbocycles. The molecule has 3 heterocycles. The Labute approximate surface area is 150 Å². The van der Waals surface area contributed by atoms with Crippen LogP contribution in [0.4, 0.5) is 5.82 Å². The van der Waals surface area contributed by atoms with Crippen LogP contribution in [-0.2, 0) is 16.8 Å². The van der Waals surface area contributed by atoms with Crippen molar-refractivity contribution in [3.63, 3.8) is 0 Å². The molecule has 1 saturated heterocycles. The first-order valence-corrected chi connectivity index (χ1v) is 8.98. The zero-order valence-electron chi connectivity index (χ0n) is 15.9. The van der Waals surface area contributed by atoms with Crippen molar-refractivity contribution < 1.29 is 4.74 Å². The van der Waals surface area contributed by atoms with Crippen LogP contribution >= 0.6 is 0 Å². The third-order valence-corrected chi connectivity index (χ3v) is 4.88. The van der Waals surface area contributed by atoms with E-state index in [0.29, 0.717) is 18.6 Å². The molecule has 1 aliphatic rings. The van der Waals surface area contributed by atoms with E-state index in [-0.39, 0.29) is 5.41 Å². The fraction of sp³-hybridized carbons (Fsp3) is 0.632. The van der Waals surface area contributed by atoms with Crippen molar-refractivity contribution in [2.75, 3.05) is 25.1 Å². The Morgan fingerprint density at radius 2 is 2.08 bits per heavy atom. The van der Waals surface area contributed by atoms with E-state index < -0.39 is 0 Å². The summed E-state index contributed by atoms with van der Waals surface area (Å²) in [6.45, 7) is 11.2. The molecule has 1 fully saturated rings. The molecular formula is C19H29N5O. The van der Waals surface area contributed by atoms with Crippen molar-refractivity contribution in [2.45, 2.75) is 52.2 Å². The van der Waals surface area contributed by atoms with Crippen molar-refractivity contribution in [1.29, 1.82) is 0 Å². The van der Waals surface area contributed by atoms with Crippen LogP contribution in [-0.4, -0.2) is 39.7 Å². The highest BCUT2D eigenvalue weighted by Crippen LogP contribution is 2.31. The lowest BCUT2D eigenvalue weighted by molar-refractivity contribution is 0.181. The lowest BCUT2D eigenvalue weighted by Gasteiger charge is -2.38. The van der Waals surface area contributed by atoms with Gasteiger partial charge in [0.1, 0.15) is 11.6 Å². The molecule has 136 valence electrons. The number of nitrogens with zero attached hydrogens (tertiary/aromatic N) is 5. The van der Waals surface area contributed by atoms with Crippen molar-refractivity contribution in [1.82, 2.24) is 19.5 Å². The summed E-state index contributed by atoms with van der Waals surface area (Å²) in [7, 11) is 1.70. The topological polar surface area (TPSA) is 56.1 Å². The summed E-state index contributed by atoms with van der Waals surface area (Å²) in [6.07, 6.45) is 6.96. The molecule has 0 N–H and O–H groups in total. The minimum atomic E-state index is -0.0919. The molecule has 6 heteroatoms. The van der Waals surface area contributed by atoms with Crippen LogP contribution in [0.2, 0.25) is 0 Å². The lowest BCUT2D eigenvalue weighted by Crippen LogP contribution is -2.41. The van der Waals surface area contributed by atoms with Gasteiger partial charge in [0, 0.05) is 44.1 Å². The van der Waals surface area contributed by atoms with E-state index >= 15 is 0 Å². The van der Waals surface area contributed by atoms with Gasteiger partial charge in [0.15, 0.2) is 0 Å². The second-order valence-electron chi connectivity index (χ2n) is 8.01. The standard InChI is InChI=1S/C19H29N5O/c1-14-6-8-23(11-16(14)24-9-7-20-13-24)17-10-15(12-25-5)21-18(22-17)19(2,3)4/h7,9-10,13-14,16H,6,8,11-12H2,1-5H3. The first kappa shape index (κ1) is 17.9. The Morgan fingerprint density at radius 1 is 1.28 bits per heavy atom. The quantitative estimate of drug-likeness (QED) is 0.853. The highest BCUT2D eigenvalue weighted by molar-refractivity contribution is 5.41. The minimum Gasteiger partial charge on any atom is -0.378 e. The molecule has 3 rings (SSSR count). The van der Waals surface area contributed by atoms with Crippen LogP contribution < -0.4 is 4.90 Å². The van der Waals surface area contributed by atoms with Gasteiger partial charge in [-0.2, -0.15) is 0 Å². The molecule has 2 aromatic rings. The summed E-state index contributed by atoms with van der Waals surface area (Å²) in [5.41, 5.74) is 0.848. The van der Waals surface area contributed by atoms with E-state index in [0.717, 1.165) is 36.8 Å². The van der Waals surface area contributed by atoms with Crippen molar-refractivity contribution >= 4 is 5.82 Å². The number of aromatic nitrogens is 4. The maximum absolute atomic E-state index is 5.31. The van der Waals surface area contributed by atoms with E-state index in [2.05, 4.69) is 54.4 Å². The van der Waals surface area contributed by atoms with E-state index in [1.165, 1.54) is 0 Å². The Kier molecular flexibility index (Phi) is 5.08. The van der Waals surface area contributed by atoms with Gasteiger partial charge in [-0.15, -0.1) is 0 Å². The number of rotatable bonds is 4. The molecule has 6 nitrogen and oxygen atoms in total. The number of methoxy groups -OCH3 is 1. The fourth-order valence-corrected chi connectivity index (χ4v) is 3.31. The number of ether oxygens (including phenoxy) is 1. The highest BCUT2D eigenvalue weighted by atomic mass is 16.5. The monoisotopic (exact) mass is 343 g/mol. The largest absolute Gasteiger partial charge is 0.378 e. The van der Waals surface area contributed by atoms with Crippen molar-refractivity contribution in [3.8, 4) is 0 Å². The minimum absolute atomic E-state index is 0.0919. The molecular weight excluding hydrogens is 314 g/mol. The molecule has 0 amide bonds. The van der Waals surface area contributed by atoms with Crippen LogP contribution in [0.1, 0.15) is 51.7 Å². The molecule has 25 heavy (non-hydrogen) atoms. The third kappa shape index (κ3) is 4.00. The second kappa shape index (κ2) is 7.12. The van der Waals surface area contributed by atoms with Gasteiger partial charge in [0.05, 0.1) is 24.7 Å². The molecule has 2 unspecified atom stereocenters. The third-order valence-electron chi connectivity index (χ3n) is 4.88. The normalized spacial score (nSPS) is 21.6. The van der Waals surface area contributed by atoms with Gasteiger partial charge < -0.3 is 14.2 Å². The summed E-state index contributed by atoms with van der Waals surface area (Å²) in [5, 5.41) is 0. The fourth-order valence-electron chi connectivity index (χ4n) is 3.31. The van der Waals surface area contributed by atoms with E-state index in [4.69, 9.17) is 14.7 Å². The maximum Gasteiger partial charge on any atom is 0.136 e. The molecule has 0 spiro atoms. The Hall–Kier alpha value is -1.95. The summed E-state index contributed by atoms with van der Waals surface area (Å²) < 4.78 is 7.53. The maximum atomic E-state index is 5.31. The average molecular weight is 343 g/mol.